The van der Waals surface area contributed by atoms with Crippen LogP contribution in [0.5, 0.6) is 5.75 Å². The summed E-state index contributed by atoms with van der Waals surface area (Å²) < 4.78 is 5.50. The van der Waals surface area contributed by atoms with Gasteiger partial charge in [-0.15, -0.1) is 12.4 Å². The molecule has 2 rings (SSSR count). The van der Waals surface area contributed by atoms with Crippen LogP contribution in [0.25, 0.3) is 0 Å². The van der Waals surface area contributed by atoms with Crippen molar-refractivity contribution in [2.24, 2.45) is 5.92 Å². The molecule has 0 radical (unpaired) electrons. The second kappa shape index (κ2) is 10.7. The molecule has 1 aromatic rings. The van der Waals surface area contributed by atoms with Crippen LogP contribution in [0.1, 0.15) is 25.7 Å². The minimum absolute atomic E-state index is 0. The van der Waals surface area contributed by atoms with Crippen molar-refractivity contribution < 1.29 is 9.53 Å². The van der Waals surface area contributed by atoms with Gasteiger partial charge in [-0.25, -0.2) is 0 Å². The van der Waals surface area contributed by atoms with Gasteiger partial charge in [-0.1, -0.05) is 11.6 Å². The van der Waals surface area contributed by atoms with Gasteiger partial charge in [0, 0.05) is 11.6 Å². The van der Waals surface area contributed by atoms with E-state index in [1.165, 1.54) is 12.8 Å². The van der Waals surface area contributed by atoms with E-state index in [2.05, 4.69) is 10.6 Å². The van der Waals surface area contributed by atoms with Crippen LogP contribution in [0.15, 0.2) is 24.3 Å². The number of carbonyl (C=O) groups excluding carboxylic acids is 1. The molecule has 1 fully saturated rings. The molecule has 0 bridgehead atoms. The van der Waals surface area contributed by atoms with Crippen LogP contribution in [-0.2, 0) is 4.79 Å². The topological polar surface area (TPSA) is 50.4 Å². The van der Waals surface area contributed by atoms with Crippen LogP contribution in [0.4, 0.5) is 0 Å². The molecular formula is C16H24Cl2N2O2. The zero-order valence-corrected chi connectivity index (χ0v) is 14.2. The maximum absolute atomic E-state index is 11.7. The van der Waals surface area contributed by atoms with Crippen molar-refractivity contribution in [1.82, 2.24) is 10.6 Å². The first-order chi connectivity index (χ1) is 10.2. The normalized spacial score (nSPS) is 17.4. The van der Waals surface area contributed by atoms with Crippen LogP contribution in [0.2, 0.25) is 5.02 Å². The number of rotatable bonds is 7. The first kappa shape index (κ1) is 19.1. The highest BCUT2D eigenvalue weighted by atomic mass is 35.5. The van der Waals surface area contributed by atoms with Crippen LogP contribution < -0.4 is 15.4 Å². The molecule has 1 atom stereocenters. The molecular weight excluding hydrogens is 323 g/mol. The molecule has 2 N–H and O–H groups in total. The third-order valence-corrected chi connectivity index (χ3v) is 3.94. The van der Waals surface area contributed by atoms with Gasteiger partial charge in [0.25, 0.3) is 0 Å². The number of hydrogen-bond acceptors (Lipinski definition) is 3. The molecule has 1 aliphatic rings. The van der Waals surface area contributed by atoms with Gasteiger partial charge in [-0.05, 0) is 62.5 Å². The number of hydrogen-bond donors (Lipinski definition) is 2. The van der Waals surface area contributed by atoms with Crippen molar-refractivity contribution in [3.05, 3.63) is 29.3 Å². The predicted molar refractivity (Wildman–Crippen MR) is 92.0 cm³/mol. The second-order valence-corrected chi connectivity index (χ2v) is 5.84. The van der Waals surface area contributed by atoms with Crippen LogP contribution >= 0.6 is 24.0 Å². The van der Waals surface area contributed by atoms with E-state index >= 15 is 0 Å². The molecule has 1 aromatic carbocycles. The lowest BCUT2D eigenvalue weighted by Gasteiger charge is -2.22. The molecule has 1 aliphatic heterocycles. The van der Waals surface area contributed by atoms with Gasteiger partial charge in [-0.2, -0.15) is 0 Å². The van der Waals surface area contributed by atoms with E-state index in [1.54, 1.807) is 24.3 Å². The highest BCUT2D eigenvalue weighted by molar-refractivity contribution is 6.30. The van der Waals surface area contributed by atoms with Gasteiger partial charge in [0.1, 0.15) is 5.75 Å². The molecule has 1 unspecified atom stereocenters. The van der Waals surface area contributed by atoms with E-state index in [0.29, 0.717) is 24.0 Å². The van der Waals surface area contributed by atoms with Crippen LogP contribution in [0, 0.1) is 5.92 Å². The first-order valence-electron chi connectivity index (χ1n) is 7.60. The Morgan fingerprint density at radius 3 is 2.82 bits per heavy atom. The lowest BCUT2D eigenvalue weighted by atomic mass is 9.96. The summed E-state index contributed by atoms with van der Waals surface area (Å²) in [4.78, 5) is 11.7. The summed E-state index contributed by atoms with van der Waals surface area (Å²) in [7, 11) is 0. The average molecular weight is 347 g/mol. The molecule has 124 valence electrons. The van der Waals surface area contributed by atoms with Gasteiger partial charge in [0.15, 0.2) is 0 Å². The van der Waals surface area contributed by atoms with E-state index in [1.807, 2.05) is 0 Å². The van der Waals surface area contributed by atoms with Gasteiger partial charge >= 0.3 is 0 Å². The number of nitrogens with one attached hydrogen (secondary N) is 2. The first-order valence-corrected chi connectivity index (χ1v) is 7.97. The minimum atomic E-state index is 0. The molecule has 0 aliphatic carbocycles. The highest BCUT2D eigenvalue weighted by Gasteiger charge is 2.12. The molecule has 0 aromatic heterocycles. The Labute approximate surface area is 143 Å². The maximum Gasteiger partial charge on any atom is 0.223 e. The monoisotopic (exact) mass is 346 g/mol. The fourth-order valence-corrected chi connectivity index (χ4v) is 2.59. The Kier molecular flexibility index (Phi) is 9.28. The third kappa shape index (κ3) is 7.34. The quantitative estimate of drug-likeness (QED) is 0.797. The minimum Gasteiger partial charge on any atom is -0.493 e. The van der Waals surface area contributed by atoms with Crippen molar-refractivity contribution in [2.45, 2.75) is 25.7 Å². The highest BCUT2D eigenvalue weighted by Crippen LogP contribution is 2.15. The number of halogens is 2. The fraction of sp³-hybridized carbons (Fsp3) is 0.562. The molecule has 0 spiro atoms. The van der Waals surface area contributed by atoms with Crippen molar-refractivity contribution >= 4 is 29.9 Å². The summed E-state index contributed by atoms with van der Waals surface area (Å²) >= 11 is 5.79. The molecule has 22 heavy (non-hydrogen) atoms. The van der Waals surface area contributed by atoms with E-state index in [0.717, 1.165) is 31.8 Å². The lowest BCUT2D eigenvalue weighted by molar-refractivity contribution is -0.121. The molecule has 1 heterocycles. The lowest BCUT2D eigenvalue weighted by Crippen LogP contribution is -2.33. The van der Waals surface area contributed by atoms with Crippen molar-refractivity contribution in [1.29, 1.82) is 0 Å². The zero-order valence-electron chi connectivity index (χ0n) is 12.6. The summed E-state index contributed by atoms with van der Waals surface area (Å²) in [5.74, 6) is 1.48. The average Bonchev–Trinajstić information content (AvgIpc) is 2.50. The number of benzene rings is 1. The van der Waals surface area contributed by atoms with Gasteiger partial charge in [-0.3, -0.25) is 4.79 Å². The summed E-state index contributed by atoms with van der Waals surface area (Å²) in [5, 5.41) is 7.02. The van der Waals surface area contributed by atoms with E-state index < -0.39 is 0 Å². The number of amides is 1. The summed E-state index contributed by atoms with van der Waals surface area (Å²) in [5.41, 5.74) is 0. The zero-order chi connectivity index (χ0) is 14.9. The molecule has 6 heteroatoms. The summed E-state index contributed by atoms with van der Waals surface area (Å²) in [6, 6.07) is 7.15. The van der Waals surface area contributed by atoms with Gasteiger partial charge in [0.2, 0.25) is 5.91 Å². The molecule has 1 amide bonds. The smallest absolute Gasteiger partial charge is 0.223 e. The molecule has 4 nitrogen and oxygen atoms in total. The standard InChI is InChI=1S/C16H23ClN2O2.ClH/c17-14-3-5-15(6-4-14)21-11-8-16(20)19-10-7-13-2-1-9-18-12-13;/h3-6,13,18H,1-2,7-12H2,(H,19,20);1H. The maximum atomic E-state index is 11.7. The van der Waals surface area contributed by atoms with E-state index in [-0.39, 0.29) is 18.3 Å². The Balaban J connectivity index is 0.00000242. The fourth-order valence-electron chi connectivity index (χ4n) is 2.47. The Morgan fingerprint density at radius 1 is 1.36 bits per heavy atom. The SMILES string of the molecule is Cl.O=C(CCOc1ccc(Cl)cc1)NCCC1CCCNC1. The predicted octanol–water partition coefficient (Wildman–Crippen LogP) is 3.04. The third-order valence-electron chi connectivity index (χ3n) is 3.69. The summed E-state index contributed by atoms with van der Waals surface area (Å²) in [6.07, 6.45) is 3.94. The Morgan fingerprint density at radius 2 is 2.14 bits per heavy atom. The van der Waals surface area contributed by atoms with E-state index in [9.17, 15) is 4.79 Å². The second-order valence-electron chi connectivity index (χ2n) is 5.40. The molecule has 0 saturated carbocycles. The number of carbonyl (C=O) groups is 1. The van der Waals surface area contributed by atoms with Crippen molar-refractivity contribution in [2.75, 3.05) is 26.2 Å². The largest absolute Gasteiger partial charge is 0.493 e. The van der Waals surface area contributed by atoms with Crippen molar-refractivity contribution in [3.8, 4) is 5.75 Å². The number of ether oxygens (including phenoxy) is 1. The van der Waals surface area contributed by atoms with Crippen molar-refractivity contribution in [3.63, 3.8) is 0 Å². The molecule has 1 saturated heterocycles. The summed E-state index contributed by atoms with van der Waals surface area (Å²) in [6.45, 7) is 3.35. The Bertz CT molecular complexity index is 434. The van der Waals surface area contributed by atoms with Crippen LogP contribution in [0.3, 0.4) is 0 Å². The number of piperidine rings is 1. The van der Waals surface area contributed by atoms with E-state index in [4.69, 9.17) is 16.3 Å². The Hall–Kier alpha value is -0.970. The van der Waals surface area contributed by atoms with Gasteiger partial charge in [0.05, 0.1) is 13.0 Å². The van der Waals surface area contributed by atoms with Crippen LogP contribution in [-0.4, -0.2) is 32.1 Å². The van der Waals surface area contributed by atoms with Gasteiger partial charge < -0.3 is 15.4 Å².